The summed E-state index contributed by atoms with van der Waals surface area (Å²) in [6.45, 7) is 1.93. The number of piperidine rings is 1. The summed E-state index contributed by atoms with van der Waals surface area (Å²) in [4.78, 5) is 39.3. The van der Waals surface area contributed by atoms with Crippen molar-refractivity contribution in [3.05, 3.63) is 41.6 Å². The number of carbonyl (C=O) groups is 3. The Hall–Kier alpha value is -2.63. The Morgan fingerprint density at radius 2 is 1.96 bits per heavy atom. The Balaban J connectivity index is 1.86. The van der Waals surface area contributed by atoms with Crippen molar-refractivity contribution in [3.63, 3.8) is 0 Å². The summed E-state index contributed by atoms with van der Waals surface area (Å²) in [5.74, 6) is -1.31. The molecule has 2 heterocycles. The first-order chi connectivity index (χ1) is 12.0. The molecule has 0 saturated carbocycles. The molecule has 1 N–H and O–H groups in total. The third kappa shape index (κ3) is 3.43. The quantitative estimate of drug-likeness (QED) is 0.915. The first-order valence-electron chi connectivity index (χ1n) is 8.57. The van der Waals surface area contributed by atoms with Gasteiger partial charge in [-0.2, -0.15) is 0 Å². The number of nitrogens with zero attached hydrogens (tertiary/aromatic N) is 2. The average molecular weight is 342 g/mol. The smallest absolute Gasteiger partial charge is 0.326 e. The number of likely N-dealkylation sites (tertiary alicyclic amines) is 1. The highest BCUT2D eigenvalue weighted by Gasteiger charge is 2.35. The number of carboxylic acids is 1. The van der Waals surface area contributed by atoms with E-state index in [0.29, 0.717) is 13.0 Å². The van der Waals surface area contributed by atoms with Gasteiger partial charge in [-0.25, -0.2) is 4.79 Å². The van der Waals surface area contributed by atoms with E-state index in [-0.39, 0.29) is 18.2 Å². The zero-order valence-electron chi connectivity index (χ0n) is 14.2. The summed E-state index contributed by atoms with van der Waals surface area (Å²) in [5.41, 5.74) is 1.89. The van der Waals surface area contributed by atoms with E-state index in [0.717, 1.165) is 24.0 Å². The van der Waals surface area contributed by atoms with Crippen molar-refractivity contribution in [3.8, 4) is 0 Å². The van der Waals surface area contributed by atoms with E-state index in [1.807, 2.05) is 30.3 Å². The van der Waals surface area contributed by atoms with Crippen LogP contribution in [-0.4, -0.2) is 45.3 Å². The van der Waals surface area contributed by atoms with Crippen LogP contribution in [0.25, 0.3) is 6.08 Å². The molecule has 0 radical (unpaired) electrons. The lowest BCUT2D eigenvalue weighted by Crippen LogP contribution is -2.49. The molecule has 6 heteroatoms. The summed E-state index contributed by atoms with van der Waals surface area (Å²) in [6, 6.07) is 6.49. The van der Waals surface area contributed by atoms with Crippen LogP contribution in [0.5, 0.6) is 0 Å². The monoisotopic (exact) mass is 342 g/mol. The molecule has 132 valence electrons. The van der Waals surface area contributed by atoms with E-state index in [9.17, 15) is 19.5 Å². The van der Waals surface area contributed by atoms with E-state index < -0.39 is 18.1 Å². The van der Waals surface area contributed by atoms with Crippen molar-refractivity contribution in [1.82, 2.24) is 9.80 Å². The summed E-state index contributed by atoms with van der Waals surface area (Å²) >= 11 is 0. The summed E-state index contributed by atoms with van der Waals surface area (Å²) in [6.07, 6.45) is 5.76. The van der Waals surface area contributed by atoms with Crippen LogP contribution in [0.15, 0.2) is 30.5 Å². The number of carbonyl (C=O) groups excluding carboxylic acids is 2. The second-order valence-corrected chi connectivity index (χ2v) is 6.53. The number of hydrogen-bond acceptors (Lipinski definition) is 3. The predicted octanol–water partition coefficient (Wildman–Crippen LogP) is 2.42. The van der Waals surface area contributed by atoms with Crippen LogP contribution in [-0.2, 0) is 14.4 Å². The van der Waals surface area contributed by atoms with Gasteiger partial charge in [-0.05, 0) is 36.5 Å². The maximum absolute atomic E-state index is 12.9. The van der Waals surface area contributed by atoms with Crippen molar-refractivity contribution >= 4 is 23.9 Å². The lowest BCUT2D eigenvalue weighted by atomic mass is 9.92. The van der Waals surface area contributed by atoms with Gasteiger partial charge in [-0.3, -0.25) is 9.59 Å². The number of hydrogen-bond donors (Lipinski definition) is 1. The molecule has 0 spiro atoms. The van der Waals surface area contributed by atoms with Gasteiger partial charge in [0.25, 0.3) is 0 Å². The summed E-state index contributed by atoms with van der Waals surface area (Å²) in [5, 5.41) is 9.39. The lowest BCUT2D eigenvalue weighted by molar-refractivity contribution is -0.152. The van der Waals surface area contributed by atoms with E-state index in [1.165, 1.54) is 11.8 Å². The minimum absolute atomic E-state index is 0.0880. The van der Waals surface area contributed by atoms with E-state index in [4.69, 9.17) is 0 Å². The fraction of sp³-hybridized carbons (Fsp3) is 0.421. The first kappa shape index (κ1) is 17.2. The molecule has 3 rings (SSSR count). The summed E-state index contributed by atoms with van der Waals surface area (Å²) < 4.78 is 0. The second kappa shape index (κ2) is 7.09. The number of rotatable bonds is 3. The molecule has 2 unspecified atom stereocenters. The Morgan fingerprint density at radius 3 is 2.68 bits per heavy atom. The molecule has 6 nitrogen and oxygen atoms in total. The van der Waals surface area contributed by atoms with E-state index in [1.54, 1.807) is 11.1 Å². The third-order valence-electron chi connectivity index (χ3n) is 4.95. The largest absolute Gasteiger partial charge is 0.480 e. The highest BCUT2D eigenvalue weighted by atomic mass is 16.4. The second-order valence-electron chi connectivity index (χ2n) is 6.53. The van der Waals surface area contributed by atoms with Crippen molar-refractivity contribution in [1.29, 1.82) is 0 Å². The van der Waals surface area contributed by atoms with Gasteiger partial charge in [0, 0.05) is 19.7 Å². The van der Waals surface area contributed by atoms with Crippen LogP contribution < -0.4 is 0 Å². The van der Waals surface area contributed by atoms with Gasteiger partial charge in [0.1, 0.15) is 6.04 Å². The van der Waals surface area contributed by atoms with Gasteiger partial charge >= 0.3 is 5.97 Å². The number of fused-ring (bicyclic) bond motifs is 1. The van der Waals surface area contributed by atoms with Crippen LogP contribution >= 0.6 is 0 Å². The highest BCUT2D eigenvalue weighted by molar-refractivity contribution is 5.85. The fourth-order valence-electron chi connectivity index (χ4n) is 3.68. The van der Waals surface area contributed by atoms with E-state index >= 15 is 0 Å². The molecule has 1 saturated heterocycles. The zero-order valence-corrected chi connectivity index (χ0v) is 14.2. The van der Waals surface area contributed by atoms with E-state index in [2.05, 4.69) is 0 Å². The molecule has 2 aliphatic heterocycles. The minimum atomic E-state index is -0.958. The molecular weight excluding hydrogens is 320 g/mol. The van der Waals surface area contributed by atoms with Gasteiger partial charge in [-0.15, -0.1) is 0 Å². The van der Waals surface area contributed by atoms with Gasteiger partial charge < -0.3 is 14.9 Å². The zero-order chi connectivity index (χ0) is 18.0. The molecule has 25 heavy (non-hydrogen) atoms. The summed E-state index contributed by atoms with van der Waals surface area (Å²) in [7, 11) is 0. The normalized spacial score (nSPS) is 22.4. The third-order valence-corrected chi connectivity index (χ3v) is 4.95. The van der Waals surface area contributed by atoms with Gasteiger partial charge in [0.2, 0.25) is 11.8 Å². The van der Waals surface area contributed by atoms with Gasteiger partial charge in [0.15, 0.2) is 0 Å². The predicted molar refractivity (Wildman–Crippen MR) is 92.3 cm³/mol. The molecule has 0 aromatic heterocycles. The number of aliphatic carboxylic acids is 1. The van der Waals surface area contributed by atoms with Crippen molar-refractivity contribution in [2.45, 2.75) is 44.7 Å². The number of amides is 2. The SMILES string of the molecule is CC(=O)N1C=Cc2ccccc2C1CC(=O)N1CCCCC1C(=O)O. The highest BCUT2D eigenvalue weighted by Crippen LogP contribution is 2.34. The number of carboxylic acid groups (broad SMARTS) is 1. The van der Waals surface area contributed by atoms with Crippen molar-refractivity contribution in [2.24, 2.45) is 0 Å². The van der Waals surface area contributed by atoms with Crippen LogP contribution in [0.3, 0.4) is 0 Å². The topological polar surface area (TPSA) is 77.9 Å². The molecule has 0 aliphatic carbocycles. The molecule has 1 aromatic rings. The molecule has 2 aliphatic rings. The maximum atomic E-state index is 12.9. The van der Waals surface area contributed by atoms with Gasteiger partial charge in [0.05, 0.1) is 12.5 Å². The standard InChI is InChI=1S/C19H22N2O4/c1-13(22)20-11-9-14-6-2-3-7-15(14)17(20)12-18(23)21-10-5-4-8-16(21)19(24)25/h2-3,6-7,9,11,16-17H,4-5,8,10,12H2,1H3,(H,24,25). The van der Waals surface area contributed by atoms with Crippen LogP contribution in [0.2, 0.25) is 0 Å². The van der Waals surface area contributed by atoms with Crippen LogP contribution in [0, 0.1) is 0 Å². The Labute approximate surface area is 146 Å². The maximum Gasteiger partial charge on any atom is 0.326 e. The first-order valence-corrected chi connectivity index (χ1v) is 8.57. The average Bonchev–Trinajstić information content (AvgIpc) is 2.61. The minimum Gasteiger partial charge on any atom is -0.480 e. The fourth-order valence-corrected chi connectivity index (χ4v) is 3.68. The molecule has 0 bridgehead atoms. The lowest BCUT2D eigenvalue weighted by Gasteiger charge is -2.37. The Morgan fingerprint density at radius 1 is 1.20 bits per heavy atom. The van der Waals surface area contributed by atoms with Gasteiger partial charge in [-0.1, -0.05) is 24.3 Å². The molecule has 1 aromatic carbocycles. The van der Waals surface area contributed by atoms with Crippen LogP contribution in [0.1, 0.15) is 49.8 Å². The molecule has 2 atom stereocenters. The molecule has 2 amide bonds. The Kier molecular flexibility index (Phi) is 4.88. The Bertz CT molecular complexity index is 728. The van der Waals surface area contributed by atoms with Crippen molar-refractivity contribution < 1.29 is 19.5 Å². The number of benzene rings is 1. The van der Waals surface area contributed by atoms with Crippen molar-refractivity contribution in [2.75, 3.05) is 6.54 Å². The molecule has 1 fully saturated rings. The van der Waals surface area contributed by atoms with Crippen LogP contribution in [0.4, 0.5) is 0 Å². The molecular formula is C19H22N2O4.